The smallest absolute Gasteiger partial charge is 0.323 e. The van der Waals surface area contributed by atoms with E-state index in [2.05, 4.69) is 5.32 Å². The maximum absolute atomic E-state index is 12.7. The van der Waals surface area contributed by atoms with E-state index in [-0.39, 0.29) is 17.7 Å². The second kappa shape index (κ2) is 6.07. The molecule has 114 valence electrons. The number of esters is 1. The molecule has 2 unspecified atom stereocenters. The topological polar surface area (TPSA) is 55.4 Å². The van der Waals surface area contributed by atoms with E-state index in [0.29, 0.717) is 5.02 Å². The van der Waals surface area contributed by atoms with E-state index in [9.17, 15) is 9.59 Å². The number of carbonyl (C=O) groups excluding carboxylic acids is 2. The zero-order valence-corrected chi connectivity index (χ0v) is 12.8. The van der Waals surface area contributed by atoms with Crippen molar-refractivity contribution in [3.63, 3.8) is 0 Å². The first-order valence-electron chi connectivity index (χ1n) is 7.10. The molecular formula is C17H16ClNO3. The molecule has 0 radical (unpaired) electrons. The number of ether oxygens (including phenoxy) is 1. The van der Waals surface area contributed by atoms with Gasteiger partial charge in [0.05, 0.1) is 18.9 Å². The maximum Gasteiger partial charge on any atom is 0.323 e. The van der Waals surface area contributed by atoms with Crippen molar-refractivity contribution in [2.45, 2.75) is 12.1 Å². The van der Waals surface area contributed by atoms with E-state index in [1.807, 2.05) is 30.4 Å². The third kappa shape index (κ3) is 2.60. The summed E-state index contributed by atoms with van der Waals surface area (Å²) in [5.41, 5.74) is 0.918. The van der Waals surface area contributed by atoms with Crippen LogP contribution in [-0.2, 0) is 14.3 Å². The van der Waals surface area contributed by atoms with Crippen molar-refractivity contribution >= 4 is 23.4 Å². The third-order valence-corrected chi connectivity index (χ3v) is 4.42. The predicted molar refractivity (Wildman–Crippen MR) is 83.4 cm³/mol. The molecule has 1 fully saturated rings. The van der Waals surface area contributed by atoms with Gasteiger partial charge in [0.1, 0.15) is 6.04 Å². The van der Waals surface area contributed by atoms with Gasteiger partial charge in [-0.25, -0.2) is 0 Å². The number of allylic oxidation sites excluding steroid dienone is 2. The molecule has 1 saturated heterocycles. The normalized spacial score (nSPS) is 30.0. The minimum atomic E-state index is -0.675. The highest BCUT2D eigenvalue weighted by molar-refractivity contribution is 6.30. The number of ketones is 1. The second-order valence-corrected chi connectivity index (χ2v) is 5.86. The van der Waals surface area contributed by atoms with E-state index >= 15 is 0 Å². The minimum absolute atomic E-state index is 0.0269. The van der Waals surface area contributed by atoms with Gasteiger partial charge in [0.25, 0.3) is 0 Å². The van der Waals surface area contributed by atoms with Gasteiger partial charge in [-0.3, -0.25) is 14.9 Å². The van der Waals surface area contributed by atoms with Crippen molar-refractivity contribution in [1.82, 2.24) is 5.32 Å². The largest absolute Gasteiger partial charge is 0.468 e. The summed E-state index contributed by atoms with van der Waals surface area (Å²) in [6, 6.07) is 6.34. The van der Waals surface area contributed by atoms with Crippen LogP contribution in [0.5, 0.6) is 0 Å². The fourth-order valence-corrected chi connectivity index (χ4v) is 3.17. The highest BCUT2D eigenvalue weighted by atomic mass is 35.5. The van der Waals surface area contributed by atoms with Crippen molar-refractivity contribution in [2.24, 2.45) is 11.8 Å². The van der Waals surface area contributed by atoms with Crippen molar-refractivity contribution in [3.05, 3.63) is 59.2 Å². The van der Waals surface area contributed by atoms with Gasteiger partial charge in [0, 0.05) is 11.1 Å². The second-order valence-electron chi connectivity index (χ2n) is 5.42. The Balaban J connectivity index is 2.00. The number of carbonyl (C=O) groups is 2. The number of fused-ring (bicyclic) bond motifs is 2. The molecule has 3 rings (SSSR count). The summed E-state index contributed by atoms with van der Waals surface area (Å²) in [5, 5.41) is 3.90. The average Bonchev–Trinajstić information content (AvgIpc) is 2.65. The molecule has 4 atom stereocenters. The number of benzene rings is 1. The lowest BCUT2D eigenvalue weighted by molar-refractivity contribution is -0.149. The van der Waals surface area contributed by atoms with Gasteiger partial charge >= 0.3 is 5.97 Å². The number of rotatable bonds is 2. The summed E-state index contributed by atoms with van der Waals surface area (Å²) in [4.78, 5) is 24.8. The molecule has 0 aromatic heterocycles. The van der Waals surface area contributed by atoms with Crippen molar-refractivity contribution in [2.75, 3.05) is 7.11 Å². The third-order valence-electron chi connectivity index (χ3n) is 4.17. The zero-order chi connectivity index (χ0) is 15.7. The molecule has 0 saturated carbocycles. The summed E-state index contributed by atoms with van der Waals surface area (Å²) in [6.07, 6.45) is 7.29. The number of Topliss-reactive ketones (excluding diaryl/α,β-unsaturated/α-hetero) is 1. The first kappa shape index (κ1) is 15.0. The predicted octanol–water partition coefficient (Wildman–Crippen LogP) is 2.45. The van der Waals surface area contributed by atoms with E-state index in [1.54, 1.807) is 18.2 Å². The molecule has 0 amide bonds. The molecule has 4 nitrogen and oxygen atoms in total. The average molecular weight is 318 g/mol. The van der Waals surface area contributed by atoms with Crippen LogP contribution >= 0.6 is 11.6 Å². The Kier molecular flexibility index (Phi) is 4.14. The van der Waals surface area contributed by atoms with Crippen LogP contribution < -0.4 is 5.32 Å². The molecule has 0 spiro atoms. The molecule has 1 aromatic carbocycles. The Hall–Kier alpha value is -1.91. The summed E-state index contributed by atoms with van der Waals surface area (Å²) in [7, 11) is 1.33. The van der Waals surface area contributed by atoms with Gasteiger partial charge in [-0.2, -0.15) is 0 Å². The van der Waals surface area contributed by atoms with Crippen molar-refractivity contribution in [1.29, 1.82) is 0 Å². The summed E-state index contributed by atoms with van der Waals surface area (Å²) < 4.78 is 4.84. The molecule has 1 aliphatic heterocycles. The highest BCUT2D eigenvalue weighted by Gasteiger charge is 2.45. The first-order valence-corrected chi connectivity index (χ1v) is 7.47. The van der Waals surface area contributed by atoms with Crippen LogP contribution in [0.3, 0.4) is 0 Å². The Morgan fingerprint density at radius 1 is 1.14 bits per heavy atom. The number of hydrogen-bond acceptors (Lipinski definition) is 4. The molecule has 2 aliphatic rings. The number of piperidine rings is 1. The number of nitrogens with one attached hydrogen (secondary N) is 1. The molecule has 1 aromatic rings. The number of methoxy groups -OCH3 is 1. The van der Waals surface area contributed by atoms with E-state index in [1.165, 1.54) is 7.11 Å². The summed E-state index contributed by atoms with van der Waals surface area (Å²) in [6.45, 7) is 0. The van der Waals surface area contributed by atoms with Crippen LogP contribution in [0.15, 0.2) is 48.6 Å². The summed E-state index contributed by atoms with van der Waals surface area (Å²) in [5.74, 6) is -1.22. The fraction of sp³-hybridized carbons (Fsp3) is 0.294. The molecule has 2 bridgehead atoms. The fourth-order valence-electron chi connectivity index (χ4n) is 3.05. The Labute approximate surface area is 133 Å². The SMILES string of the molecule is COC(=O)[C@@H]1N[C@@H](c2ccc(Cl)cc2)C2C=CC=CC1C2=O. The lowest BCUT2D eigenvalue weighted by Gasteiger charge is -2.37. The van der Waals surface area contributed by atoms with E-state index < -0.39 is 17.9 Å². The van der Waals surface area contributed by atoms with Crippen molar-refractivity contribution in [3.8, 4) is 0 Å². The van der Waals surface area contributed by atoms with Crippen LogP contribution in [0.1, 0.15) is 11.6 Å². The minimum Gasteiger partial charge on any atom is -0.468 e. The molecule has 1 N–H and O–H groups in total. The quantitative estimate of drug-likeness (QED) is 0.851. The van der Waals surface area contributed by atoms with Gasteiger partial charge in [0.2, 0.25) is 0 Å². The van der Waals surface area contributed by atoms with Gasteiger partial charge in [-0.15, -0.1) is 0 Å². The lowest BCUT2D eigenvalue weighted by atomic mass is 9.77. The van der Waals surface area contributed by atoms with Crippen LogP contribution in [0.2, 0.25) is 5.02 Å². The van der Waals surface area contributed by atoms with E-state index in [4.69, 9.17) is 16.3 Å². The standard InChI is InChI=1S/C17H16ClNO3/c1-22-17(21)15-13-5-3-2-4-12(16(13)20)14(19-15)10-6-8-11(18)9-7-10/h2-9,12-15,19H,1H3/t12?,13?,14-,15+/m0/s1. The monoisotopic (exact) mass is 317 g/mol. The highest BCUT2D eigenvalue weighted by Crippen LogP contribution is 2.35. The van der Waals surface area contributed by atoms with Crippen LogP contribution in [0.4, 0.5) is 0 Å². The molecule has 5 heteroatoms. The molecule has 1 heterocycles. The maximum atomic E-state index is 12.7. The van der Waals surface area contributed by atoms with Gasteiger partial charge in [-0.05, 0) is 17.7 Å². The Morgan fingerprint density at radius 2 is 1.77 bits per heavy atom. The van der Waals surface area contributed by atoms with Gasteiger partial charge in [-0.1, -0.05) is 48.0 Å². The molecule has 1 aliphatic carbocycles. The Bertz CT molecular complexity index is 650. The van der Waals surface area contributed by atoms with Crippen LogP contribution in [-0.4, -0.2) is 24.9 Å². The van der Waals surface area contributed by atoms with Crippen LogP contribution in [0.25, 0.3) is 0 Å². The van der Waals surface area contributed by atoms with E-state index in [0.717, 1.165) is 5.56 Å². The summed E-state index contributed by atoms with van der Waals surface area (Å²) >= 11 is 5.93. The first-order chi connectivity index (χ1) is 10.6. The van der Waals surface area contributed by atoms with Gasteiger partial charge in [0.15, 0.2) is 5.78 Å². The lowest BCUT2D eigenvalue weighted by Crippen LogP contribution is -2.55. The zero-order valence-electron chi connectivity index (χ0n) is 12.0. The van der Waals surface area contributed by atoms with Gasteiger partial charge < -0.3 is 4.74 Å². The number of hydrogen-bond donors (Lipinski definition) is 1. The number of halogens is 1. The van der Waals surface area contributed by atoms with Crippen LogP contribution in [0, 0.1) is 11.8 Å². The molecular weight excluding hydrogens is 302 g/mol. The molecule has 22 heavy (non-hydrogen) atoms. The van der Waals surface area contributed by atoms with Crippen molar-refractivity contribution < 1.29 is 14.3 Å². The Morgan fingerprint density at radius 3 is 2.41 bits per heavy atom.